The first-order valence-electron chi connectivity index (χ1n) is 13.5. The van der Waals surface area contributed by atoms with Gasteiger partial charge >= 0.3 is 0 Å². The van der Waals surface area contributed by atoms with E-state index in [0.29, 0.717) is 23.0 Å². The second kappa shape index (κ2) is 11.0. The molecule has 1 aromatic heterocycles. The summed E-state index contributed by atoms with van der Waals surface area (Å²) in [6.45, 7) is 3.30. The van der Waals surface area contributed by atoms with Crippen molar-refractivity contribution in [2.75, 3.05) is 25.7 Å². The minimum absolute atomic E-state index is 0.0275. The first-order valence-corrected chi connectivity index (χ1v) is 13.5. The second-order valence-electron chi connectivity index (χ2n) is 10.4. The molecule has 1 aliphatic carbocycles. The van der Waals surface area contributed by atoms with Crippen molar-refractivity contribution in [2.45, 2.75) is 63.5 Å². The Balaban J connectivity index is 1.66. The normalized spacial score (nSPS) is 19.8. The Bertz CT molecular complexity index is 1200. The quantitative estimate of drug-likeness (QED) is 0.433. The minimum Gasteiger partial charge on any atom is -0.493 e. The molecule has 1 amide bonds. The molecule has 196 valence electrons. The number of anilines is 1. The van der Waals surface area contributed by atoms with Gasteiger partial charge in [0, 0.05) is 29.7 Å². The number of amides is 1. The predicted molar refractivity (Wildman–Crippen MR) is 146 cm³/mol. The summed E-state index contributed by atoms with van der Waals surface area (Å²) in [5.74, 6) is 1.53. The molecule has 1 saturated heterocycles. The van der Waals surface area contributed by atoms with E-state index in [9.17, 15) is 4.79 Å². The number of nitrogens with one attached hydrogen (secondary N) is 1. The molecular weight excluding hydrogens is 464 g/mol. The van der Waals surface area contributed by atoms with Crippen LogP contribution >= 0.6 is 0 Å². The van der Waals surface area contributed by atoms with Crippen molar-refractivity contribution in [1.82, 2.24) is 15.1 Å². The molecule has 2 aliphatic rings. The molecule has 37 heavy (non-hydrogen) atoms. The van der Waals surface area contributed by atoms with Crippen molar-refractivity contribution < 1.29 is 14.3 Å². The van der Waals surface area contributed by atoms with E-state index in [4.69, 9.17) is 9.47 Å². The first kappa shape index (κ1) is 25.3. The smallest absolute Gasteiger partial charge is 0.258 e. The molecule has 2 aromatic carbocycles. The fourth-order valence-electron chi connectivity index (χ4n) is 6.40. The first-order chi connectivity index (χ1) is 18.1. The highest BCUT2D eigenvalue weighted by molar-refractivity contribution is 6.07. The van der Waals surface area contributed by atoms with Gasteiger partial charge in [0.2, 0.25) is 0 Å². The summed E-state index contributed by atoms with van der Waals surface area (Å²) in [4.78, 5) is 16.7. The number of hydrogen-bond acceptors (Lipinski definition) is 5. The number of methoxy groups -OCH3 is 2. The largest absolute Gasteiger partial charge is 0.493 e. The van der Waals surface area contributed by atoms with Crippen LogP contribution in [0.25, 0.3) is 5.69 Å². The summed E-state index contributed by atoms with van der Waals surface area (Å²) in [5, 5.41) is 8.21. The number of nitrogens with zero attached hydrogens (tertiary/aromatic N) is 3. The zero-order chi connectivity index (χ0) is 25.8. The molecular formula is C30H38N4O3. The van der Waals surface area contributed by atoms with Crippen LogP contribution in [0.2, 0.25) is 0 Å². The summed E-state index contributed by atoms with van der Waals surface area (Å²) < 4.78 is 12.9. The number of carbonyl (C=O) groups is 1. The Morgan fingerprint density at radius 1 is 1.00 bits per heavy atom. The number of aromatic nitrogens is 2. The number of carbonyl (C=O) groups excluding carboxylic acids is 1. The molecule has 1 saturated carbocycles. The Labute approximate surface area is 219 Å². The third-order valence-electron chi connectivity index (χ3n) is 8.37. The average Bonchev–Trinajstić information content (AvgIpc) is 3.69. The maximum atomic E-state index is 14.6. The van der Waals surface area contributed by atoms with Crippen LogP contribution in [0.15, 0.2) is 60.9 Å². The van der Waals surface area contributed by atoms with Gasteiger partial charge in [-0.1, -0.05) is 25.3 Å². The van der Waals surface area contributed by atoms with E-state index in [1.807, 2.05) is 41.2 Å². The lowest BCUT2D eigenvalue weighted by atomic mass is 9.70. The standard InChI is InChI=1S/C30H38N4O3/c1-30(28-14-8-17-31-28,23-10-5-4-6-11-23)34(25-13-7-12-24(21-25)33-19-9-18-32-33)29(35)22-15-16-26(36-2)27(20-22)37-3/h7,9,12-13,15-16,18-21,23,28,31H,4-6,8,10-11,14,17H2,1-3H3/t28?,30-/m0/s1. The van der Waals surface area contributed by atoms with E-state index in [0.717, 1.165) is 43.6 Å². The lowest BCUT2D eigenvalue weighted by Crippen LogP contribution is -2.64. The van der Waals surface area contributed by atoms with E-state index in [2.05, 4.69) is 34.4 Å². The minimum atomic E-state index is -0.399. The maximum Gasteiger partial charge on any atom is 0.258 e. The van der Waals surface area contributed by atoms with Crippen molar-refractivity contribution in [2.24, 2.45) is 5.92 Å². The second-order valence-corrected chi connectivity index (χ2v) is 10.4. The SMILES string of the molecule is COc1ccc(C(=O)N(c2cccc(-n3cccn3)c2)[C@@](C)(C2CCCCC2)C2CCCN2)cc1OC. The van der Waals surface area contributed by atoms with E-state index in [1.54, 1.807) is 26.5 Å². The van der Waals surface area contributed by atoms with E-state index in [-0.39, 0.29) is 11.9 Å². The highest BCUT2D eigenvalue weighted by Crippen LogP contribution is 2.44. The van der Waals surface area contributed by atoms with Crippen LogP contribution in [-0.2, 0) is 0 Å². The van der Waals surface area contributed by atoms with Crippen LogP contribution in [0.1, 0.15) is 62.2 Å². The molecule has 7 heteroatoms. The Kier molecular flexibility index (Phi) is 7.51. The zero-order valence-electron chi connectivity index (χ0n) is 22.2. The summed E-state index contributed by atoms with van der Waals surface area (Å²) in [5.41, 5.74) is 2.00. The summed E-state index contributed by atoms with van der Waals surface area (Å²) in [6, 6.07) is 15.8. The average molecular weight is 503 g/mol. The van der Waals surface area contributed by atoms with Gasteiger partial charge in [-0.05, 0) is 87.5 Å². The fourth-order valence-corrected chi connectivity index (χ4v) is 6.40. The molecule has 1 unspecified atom stereocenters. The maximum absolute atomic E-state index is 14.6. The Hall–Kier alpha value is -3.32. The lowest BCUT2D eigenvalue weighted by Gasteiger charge is -2.51. The highest BCUT2D eigenvalue weighted by atomic mass is 16.5. The molecule has 5 rings (SSSR count). The van der Waals surface area contributed by atoms with Gasteiger partial charge in [-0.15, -0.1) is 0 Å². The molecule has 7 nitrogen and oxygen atoms in total. The lowest BCUT2D eigenvalue weighted by molar-refractivity contribution is 0.0883. The number of benzene rings is 2. The van der Waals surface area contributed by atoms with Gasteiger partial charge in [-0.3, -0.25) is 4.79 Å². The van der Waals surface area contributed by atoms with Gasteiger partial charge in [-0.25, -0.2) is 4.68 Å². The highest BCUT2D eigenvalue weighted by Gasteiger charge is 2.49. The molecule has 3 aromatic rings. The monoisotopic (exact) mass is 502 g/mol. The molecule has 1 aliphatic heterocycles. The summed E-state index contributed by atoms with van der Waals surface area (Å²) in [7, 11) is 3.21. The van der Waals surface area contributed by atoms with Gasteiger partial charge in [0.1, 0.15) is 0 Å². The number of hydrogen-bond donors (Lipinski definition) is 1. The van der Waals surface area contributed by atoms with Gasteiger partial charge in [0.15, 0.2) is 11.5 Å². The Morgan fingerprint density at radius 3 is 2.49 bits per heavy atom. The van der Waals surface area contributed by atoms with Crippen molar-refractivity contribution in [3.05, 3.63) is 66.5 Å². The van der Waals surface area contributed by atoms with Gasteiger partial charge < -0.3 is 19.7 Å². The van der Waals surface area contributed by atoms with Crippen molar-refractivity contribution in [3.8, 4) is 17.2 Å². The van der Waals surface area contributed by atoms with Crippen LogP contribution in [0, 0.1) is 5.92 Å². The fraction of sp³-hybridized carbons (Fsp3) is 0.467. The van der Waals surface area contributed by atoms with Crippen LogP contribution in [0.4, 0.5) is 5.69 Å². The molecule has 2 heterocycles. The van der Waals surface area contributed by atoms with Crippen molar-refractivity contribution in [1.29, 1.82) is 0 Å². The van der Waals surface area contributed by atoms with Gasteiger partial charge in [0.05, 0.1) is 25.4 Å². The van der Waals surface area contributed by atoms with Crippen LogP contribution in [0.5, 0.6) is 11.5 Å². The van der Waals surface area contributed by atoms with Crippen molar-refractivity contribution >= 4 is 11.6 Å². The number of rotatable bonds is 8. The van der Waals surface area contributed by atoms with Crippen LogP contribution in [0.3, 0.4) is 0 Å². The van der Waals surface area contributed by atoms with Gasteiger partial charge in [0.25, 0.3) is 5.91 Å². The van der Waals surface area contributed by atoms with E-state index < -0.39 is 5.54 Å². The molecule has 1 N–H and O–H groups in total. The van der Waals surface area contributed by atoms with Crippen molar-refractivity contribution in [3.63, 3.8) is 0 Å². The van der Waals surface area contributed by atoms with E-state index >= 15 is 0 Å². The third kappa shape index (κ3) is 4.85. The van der Waals surface area contributed by atoms with E-state index in [1.165, 1.54) is 19.3 Å². The summed E-state index contributed by atoms with van der Waals surface area (Å²) in [6.07, 6.45) is 11.8. The number of ether oxygens (including phenoxy) is 2. The summed E-state index contributed by atoms with van der Waals surface area (Å²) >= 11 is 0. The molecule has 0 radical (unpaired) electrons. The topological polar surface area (TPSA) is 68.6 Å². The van der Waals surface area contributed by atoms with Crippen LogP contribution < -0.4 is 19.7 Å². The van der Waals surface area contributed by atoms with Crippen LogP contribution in [-0.4, -0.2) is 48.0 Å². The molecule has 0 spiro atoms. The molecule has 0 bridgehead atoms. The Morgan fingerprint density at radius 2 is 1.81 bits per heavy atom. The van der Waals surface area contributed by atoms with Gasteiger partial charge in [-0.2, -0.15) is 5.10 Å². The molecule has 2 fully saturated rings. The molecule has 2 atom stereocenters. The predicted octanol–water partition coefficient (Wildman–Crippen LogP) is 5.63. The third-order valence-corrected chi connectivity index (χ3v) is 8.37. The zero-order valence-corrected chi connectivity index (χ0v) is 22.2.